The van der Waals surface area contributed by atoms with Gasteiger partial charge in [-0.05, 0) is 54.3 Å². The zero-order valence-corrected chi connectivity index (χ0v) is 20.6. The molecule has 1 aliphatic rings. The van der Waals surface area contributed by atoms with Crippen molar-refractivity contribution >= 4 is 34.7 Å². The van der Waals surface area contributed by atoms with Gasteiger partial charge in [0.05, 0.1) is 21.7 Å². The number of nitro benzene ring substituents is 1. The summed E-state index contributed by atoms with van der Waals surface area (Å²) in [6.07, 6.45) is 1.54. The summed E-state index contributed by atoms with van der Waals surface area (Å²) in [4.78, 5) is 41.4. The van der Waals surface area contributed by atoms with Crippen molar-refractivity contribution in [2.75, 3.05) is 0 Å². The minimum Gasteiger partial charge on any atom is -0.481 e. The van der Waals surface area contributed by atoms with E-state index < -0.39 is 16.3 Å². The Hall–Kier alpha value is -4.72. The van der Waals surface area contributed by atoms with Crippen LogP contribution in [-0.4, -0.2) is 33.1 Å². The molecular formula is C29H25N3O5. The number of aromatic nitrogens is 1. The van der Waals surface area contributed by atoms with Crippen molar-refractivity contribution in [3.8, 4) is 11.1 Å². The second-order valence-corrected chi connectivity index (χ2v) is 9.22. The standard InChI is InChI=1S/C15H17NO2.C14H8N2O3/c1-10(2)15(3,14(17)18)13-9-8-11-6-4-5-7-12(11)16-13;17-14-13-7-10(1-2-11(13)8-15-14)9-3-5-12(6-4-9)16(18)19/h4-10H,1-3H3,(H,17,18);1-8H. The van der Waals surface area contributed by atoms with E-state index in [4.69, 9.17) is 0 Å². The van der Waals surface area contributed by atoms with E-state index in [-0.39, 0.29) is 17.5 Å². The molecule has 8 nitrogen and oxygen atoms in total. The van der Waals surface area contributed by atoms with E-state index >= 15 is 0 Å². The van der Waals surface area contributed by atoms with Crippen LogP contribution in [0.2, 0.25) is 0 Å². The van der Waals surface area contributed by atoms with Crippen molar-refractivity contribution in [1.82, 2.24) is 4.98 Å². The lowest BCUT2D eigenvalue weighted by atomic mass is 9.76. The zero-order chi connectivity index (χ0) is 26.7. The predicted octanol–water partition coefficient (Wildman–Crippen LogP) is 6.07. The first-order valence-corrected chi connectivity index (χ1v) is 11.7. The van der Waals surface area contributed by atoms with E-state index in [9.17, 15) is 24.8 Å². The van der Waals surface area contributed by atoms with E-state index in [1.54, 1.807) is 25.1 Å². The van der Waals surface area contributed by atoms with Crippen molar-refractivity contribution in [2.24, 2.45) is 10.9 Å². The van der Waals surface area contributed by atoms with Crippen LogP contribution in [-0.2, 0) is 10.2 Å². The smallest absolute Gasteiger partial charge is 0.315 e. The van der Waals surface area contributed by atoms with Gasteiger partial charge in [0, 0.05) is 29.3 Å². The lowest BCUT2D eigenvalue weighted by molar-refractivity contribution is -0.384. The Kier molecular flexibility index (Phi) is 6.93. The van der Waals surface area contributed by atoms with Crippen molar-refractivity contribution in [1.29, 1.82) is 0 Å². The number of carbonyl (C=O) groups excluding carboxylic acids is 1. The number of amides is 1. The number of nitrogens with zero attached hydrogens (tertiary/aromatic N) is 3. The molecule has 2 heterocycles. The van der Waals surface area contributed by atoms with E-state index in [0.717, 1.165) is 27.6 Å². The van der Waals surface area contributed by atoms with Gasteiger partial charge in [-0.15, -0.1) is 0 Å². The number of carbonyl (C=O) groups is 2. The van der Waals surface area contributed by atoms with Gasteiger partial charge < -0.3 is 5.11 Å². The van der Waals surface area contributed by atoms with Crippen LogP contribution in [0.25, 0.3) is 22.0 Å². The summed E-state index contributed by atoms with van der Waals surface area (Å²) in [6, 6.07) is 23.1. The van der Waals surface area contributed by atoms with Gasteiger partial charge in [0.25, 0.3) is 11.6 Å². The Balaban J connectivity index is 0.000000173. The fraction of sp³-hybridized carbons (Fsp3) is 0.172. The van der Waals surface area contributed by atoms with Crippen molar-refractivity contribution in [3.63, 3.8) is 0 Å². The molecular weight excluding hydrogens is 470 g/mol. The molecule has 1 atom stereocenters. The molecule has 0 fully saturated rings. The maximum atomic E-state index is 11.6. The molecule has 0 bridgehead atoms. The number of carboxylic acid groups (broad SMARTS) is 1. The topological polar surface area (TPSA) is 123 Å². The molecule has 3 aromatic carbocycles. The second-order valence-electron chi connectivity index (χ2n) is 9.22. The molecule has 4 aromatic rings. The number of rotatable bonds is 5. The minimum absolute atomic E-state index is 0.0244. The number of non-ortho nitro benzene ring substituents is 1. The number of hydrogen-bond acceptors (Lipinski definition) is 5. The Morgan fingerprint density at radius 3 is 2.30 bits per heavy atom. The van der Waals surface area contributed by atoms with Crippen LogP contribution >= 0.6 is 0 Å². The van der Waals surface area contributed by atoms with Gasteiger partial charge in [0.2, 0.25) is 0 Å². The third kappa shape index (κ3) is 4.99. The Bertz CT molecular complexity index is 1540. The van der Waals surface area contributed by atoms with Crippen LogP contribution < -0.4 is 0 Å². The average molecular weight is 496 g/mol. The third-order valence-electron chi connectivity index (χ3n) is 6.75. The van der Waals surface area contributed by atoms with E-state index in [0.29, 0.717) is 11.3 Å². The van der Waals surface area contributed by atoms with Crippen molar-refractivity contribution in [3.05, 3.63) is 106 Å². The highest BCUT2D eigenvalue weighted by Gasteiger charge is 2.40. The maximum Gasteiger partial charge on any atom is 0.315 e. The molecule has 0 aliphatic carbocycles. The van der Waals surface area contributed by atoms with Gasteiger partial charge in [-0.1, -0.05) is 50.2 Å². The van der Waals surface area contributed by atoms with Crippen LogP contribution in [0.5, 0.6) is 0 Å². The number of hydrogen-bond donors (Lipinski definition) is 1. The van der Waals surface area contributed by atoms with Crippen LogP contribution in [0.3, 0.4) is 0 Å². The normalized spacial score (nSPS) is 13.6. The molecule has 1 amide bonds. The summed E-state index contributed by atoms with van der Waals surface area (Å²) in [5.41, 5.74) is 3.58. The maximum absolute atomic E-state index is 11.6. The number of aliphatic imine (C=N–C) groups is 1. The molecule has 0 spiro atoms. The Morgan fingerprint density at radius 2 is 1.65 bits per heavy atom. The Labute approximate surface area is 213 Å². The molecule has 1 unspecified atom stereocenters. The molecule has 1 aliphatic heterocycles. The van der Waals surface area contributed by atoms with Gasteiger partial charge in [-0.2, -0.15) is 0 Å². The van der Waals surface area contributed by atoms with Crippen LogP contribution in [0.4, 0.5) is 5.69 Å². The number of nitro groups is 1. The monoisotopic (exact) mass is 495 g/mol. The summed E-state index contributed by atoms with van der Waals surface area (Å²) in [6.45, 7) is 5.55. The SMILES string of the molecule is CC(C)C(C)(C(=O)O)c1ccc2ccccc2n1.O=C1N=Cc2ccc(-c3ccc([N+](=O)[O-])cc3)cc21. The van der Waals surface area contributed by atoms with E-state index in [1.165, 1.54) is 18.3 Å². The first-order valence-electron chi connectivity index (χ1n) is 11.7. The van der Waals surface area contributed by atoms with Crippen molar-refractivity contribution in [2.45, 2.75) is 26.2 Å². The summed E-state index contributed by atoms with van der Waals surface area (Å²) in [7, 11) is 0. The Morgan fingerprint density at radius 1 is 0.973 bits per heavy atom. The first kappa shape index (κ1) is 25.4. The number of pyridine rings is 1. The van der Waals surface area contributed by atoms with Gasteiger partial charge in [0.15, 0.2) is 0 Å². The number of fused-ring (bicyclic) bond motifs is 2. The van der Waals surface area contributed by atoms with Gasteiger partial charge in [-0.25, -0.2) is 4.99 Å². The first-order chi connectivity index (χ1) is 17.6. The number of aliphatic carboxylic acids is 1. The van der Waals surface area contributed by atoms with Crippen LogP contribution in [0, 0.1) is 16.0 Å². The minimum atomic E-state index is -0.954. The zero-order valence-electron chi connectivity index (χ0n) is 20.6. The van der Waals surface area contributed by atoms with Crippen LogP contribution in [0.15, 0.2) is 83.9 Å². The summed E-state index contributed by atoms with van der Waals surface area (Å²) in [5, 5.41) is 21.1. The molecule has 5 rings (SSSR count). The number of benzene rings is 3. The van der Waals surface area contributed by atoms with E-state index in [2.05, 4.69) is 9.98 Å². The molecule has 0 saturated heterocycles. The molecule has 0 radical (unpaired) electrons. The van der Waals surface area contributed by atoms with Crippen LogP contribution in [0.1, 0.15) is 42.4 Å². The molecule has 0 saturated carbocycles. The number of carboxylic acids is 1. The lowest BCUT2D eigenvalue weighted by Crippen LogP contribution is -2.38. The average Bonchev–Trinajstić information content (AvgIpc) is 3.28. The molecule has 8 heteroatoms. The highest BCUT2D eigenvalue weighted by atomic mass is 16.6. The van der Waals surface area contributed by atoms with Gasteiger partial charge in [0.1, 0.15) is 5.41 Å². The fourth-order valence-corrected chi connectivity index (χ4v) is 4.01. The third-order valence-corrected chi connectivity index (χ3v) is 6.75. The molecule has 186 valence electrons. The predicted molar refractivity (Wildman–Crippen MR) is 142 cm³/mol. The largest absolute Gasteiger partial charge is 0.481 e. The second kappa shape index (κ2) is 10.1. The van der Waals surface area contributed by atoms with Crippen molar-refractivity contribution < 1.29 is 19.6 Å². The van der Waals surface area contributed by atoms with E-state index in [1.807, 2.05) is 62.4 Å². The summed E-state index contributed by atoms with van der Waals surface area (Å²) >= 11 is 0. The van der Waals surface area contributed by atoms with Gasteiger partial charge in [-0.3, -0.25) is 24.7 Å². The molecule has 1 aromatic heterocycles. The highest BCUT2D eigenvalue weighted by Crippen LogP contribution is 2.32. The number of para-hydroxylation sites is 1. The fourth-order valence-electron chi connectivity index (χ4n) is 4.01. The van der Waals surface area contributed by atoms with Gasteiger partial charge >= 0.3 is 5.97 Å². The highest BCUT2D eigenvalue weighted by molar-refractivity contribution is 6.13. The lowest BCUT2D eigenvalue weighted by Gasteiger charge is -2.28. The molecule has 37 heavy (non-hydrogen) atoms. The quantitative estimate of drug-likeness (QED) is 0.265. The summed E-state index contributed by atoms with van der Waals surface area (Å²) in [5.74, 6) is -1.11. The summed E-state index contributed by atoms with van der Waals surface area (Å²) < 4.78 is 0. The molecule has 1 N–H and O–H groups in total.